The van der Waals surface area contributed by atoms with Crippen molar-refractivity contribution < 1.29 is 9.59 Å². The van der Waals surface area contributed by atoms with Gasteiger partial charge >= 0.3 is 0 Å². The van der Waals surface area contributed by atoms with Crippen LogP contribution in [0.1, 0.15) is 32.4 Å². The monoisotopic (exact) mass is 341 g/mol. The maximum Gasteiger partial charge on any atom is 0.265 e. The number of nitrogens with zero attached hydrogens (tertiary/aromatic N) is 2. The first kappa shape index (κ1) is 16.4. The van der Waals surface area contributed by atoms with Gasteiger partial charge < -0.3 is 4.57 Å². The highest BCUT2D eigenvalue weighted by Crippen LogP contribution is 2.27. The Labute approximate surface area is 145 Å². The second-order valence-corrected chi connectivity index (χ2v) is 6.36. The van der Waals surface area contributed by atoms with Crippen LogP contribution in [0.25, 0.3) is 17.0 Å². The number of aromatic nitrogens is 1. The van der Waals surface area contributed by atoms with Crippen LogP contribution in [0.2, 0.25) is 0 Å². The molecule has 0 bridgehead atoms. The highest BCUT2D eigenvalue weighted by Gasteiger charge is 2.32. The molecule has 2 amide bonds. The molecule has 24 heavy (non-hydrogen) atoms. The van der Waals surface area contributed by atoms with E-state index in [2.05, 4.69) is 23.7 Å². The van der Waals surface area contributed by atoms with Gasteiger partial charge in [-0.1, -0.05) is 18.2 Å². The molecule has 1 saturated heterocycles. The lowest BCUT2D eigenvalue weighted by Gasteiger charge is -2.27. The van der Waals surface area contributed by atoms with Crippen molar-refractivity contribution in [2.24, 2.45) is 0 Å². The maximum atomic E-state index is 12.6. The highest BCUT2D eigenvalue weighted by atomic mass is 32.1. The number of hydrogen-bond donors (Lipinski definition) is 1. The number of rotatable bonds is 3. The minimum absolute atomic E-state index is 0.108. The maximum absolute atomic E-state index is 12.6. The lowest BCUT2D eigenvalue weighted by atomic mass is 10.1. The predicted molar refractivity (Wildman–Crippen MR) is 98.4 cm³/mol. The number of likely N-dealkylation sites (N-methyl/N-ethyl adjacent to an activating group) is 1. The molecule has 1 N–H and O–H groups in total. The minimum atomic E-state index is -0.448. The van der Waals surface area contributed by atoms with E-state index in [-0.39, 0.29) is 22.6 Å². The molecule has 1 fully saturated rings. The molecule has 1 aliphatic heterocycles. The number of carbonyl (C=O) groups is 2. The molecule has 0 radical (unpaired) electrons. The van der Waals surface area contributed by atoms with Gasteiger partial charge in [0.2, 0.25) is 0 Å². The average Bonchev–Trinajstić information content (AvgIpc) is 2.91. The quantitative estimate of drug-likeness (QED) is 0.531. The summed E-state index contributed by atoms with van der Waals surface area (Å²) in [6.45, 7) is 6.44. The third kappa shape index (κ3) is 2.63. The Balaban J connectivity index is 2.14. The third-order valence-electron chi connectivity index (χ3n) is 4.13. The number of fused-ring (bicyclic) bond motifs is 1. The van der Waals surface area contributed by atoms with Gasteiger partial charge in [0.25, 0.3) is 11.8 Å². The molecule has 5 nitrogen and oxygen atoms in total. The summed E-state index contributed by atoms with van der Waals surface area (Å²) >= 11 is 5.06. The lowest BCUT2D eigenvalue weighted by Crippen LogP contribution is -2.53. The average molecular weight is 341 g/mol. The standard InChI is InChI=1S/C18H19N3O2S/c1-4-20-17(23)14(16(22)19-18(20)24)9-12-10-21(11(2)3)15-8-6-5-7-13(12)15/h5-11H,4H2,1-3H3,(H,19,22,24)/b14-9+. The molecule has 0 aliphatic carbocycles. The van der Waals surface area contributed by atoms with Gasteiger partial charge in [-0.2, -0.15) is 0 Å². The Hall–Kier alpha value is -2.47. The Bertz CT molecular complexity index is 880. The summed E-state index contributed by atoms with van der Waals surface area (Å²) in [5, 5.41) is 3.75. The molecule has 0 spiro atoms. The summed E-state index contributed by atoms with van der Waals surface area (Å²) in [4.78, 5) is 26.2. The number of nitrogens with one attached hydrogen (secondary N) is 1. The van der Waals surface area contributed by atoms with E-state index in [1.165, 1.54) is 4.90 Å². The molecular formula is C18H19N3O2S. The van der Waals surface area contributed by atoms with E-state index in [0.717, 1.165) is 16.5 Å². The van der Waals surface area contributed by atoms with Crippen LogP contribution in [0.5, 0.6) is 0 Å². The summed E-state index contributed by atoms with van der Waals surface area (Å²) in [5.74, 6) is -0.802. The normalized spacial score (nSPS) is 17.2. The Kier molecular flexibility index (Phi) is 4.24. The van der Waals surface area contributed by atoms with Gasteiger partial charge in [-0.3, -0.25) is 19.8 Å². The summed E-state index contributed by atoms with van der Waals surface area (Å²) in [6.07, 6.45) is 3.63. The van der Waals surface area contributed by atoms with E-state index in [0.29, 0.717) is 6.54 Å². The molecule has 0 unspecified atom stereocenters. The summed E-state index contributed by atoms with van der Waals surface area (Å²) in [7, 11) is 0. The first-order valence-electron chi connectivity index (χ1n) is 7.92. The fraction of sp³-hybridized carbons (Fsp3) is 0.278. The highest BCUT2D eigenvalue weighted by molar-refractivity contribution is 7.80. The van der Waals surface area contributed by atoms with E-state index in [9.17, 15) is 9.59 Å². The van der Waals surface area contributed by atoms with E-state index in [4.69, 9.17) is 12.2 Å². The van der Waals surface area contributed by atoms with Crippen molar-refractivity contribution in [1.29, 1.82) is 0 Å². The molecule has 1 aliphatic rings. The van der Waals surface area contributed by atoms with E-state index < -0.39 is 5.91 Å². The van der Waals surface area contributed by atoms with E-state index in [1.807, 2.05) is 37.4 Å². The second kappa shape index (κ2) is 6.20. The summed E-state index contributed by atoms with van der Waals surface area (Å²) in [6, 6.07) is 8.23. The van der Waals surface area contributed by atoms with Crippen molar-refractivity contribution in [2.75, 3.05) is 6.54 Å². The van der Waals surface area contributed by atoms with Crippen LogP contribution in [0.15, 0.2) is 36.0 Å². The van der Waals surface area contributed by atoms with Crippen molar-refractivity contribution in [3.8, 4) is 0 Å². The predicted octanol–water partition coefficient (Wildman–Crippen LogP) is 2.87. The zero-order valence-electron chi connectivity index (χ0n) is 13.9. The zero-order chi connectivity index (χ0) is 17.4. The van der Waals surface area contributed by atoms with Crippen molar-refractivity contribution in [3.05, 3.63) is 41.6 Å². The van der Waals surface area contributed by atoms with Crippen LogP contribution >= 0.6 is 12.2 Å². The van der Waals surface area contributed by atoms with Crippen LogP contribution in [0, 0.1) is 0 Å². The molecule has 0 saturated carbocycles. The van der Waals surface area contributed by atoms with Gasteiger partial charge in [0.15, 0.2) is 5.11 Å². The zero-order valence-corrected chi connectivity index (χ0v) is 14.7. The fourth-order valence-corrected chi connectivity index (χ4v) is 3.22. The van der Waals surface area contributed by atoms with Crippen LogP contribution in [0.4, 0.5) is 0 Å². The largest absolute Gasteiger partial charge is 0.344 e. The number of amides is 2. The van der Waals surface area contributed by atoms with Crippen molar-refractivity contribution in [2.45, 2.75) is 26.8 Å². The molecule has 3 rings (SSSR count). The summed E-state index contributed by atoms with van der Waals surface area (Å²) in [5.41, 5.74) is 2.03. The summed E-state index contributed by atoms with van der Waals surface area (Å²) < 4.78 is 2.13. The Morgan fingerprint density at radius 1 is 1.25 bits per heavy atom. The van der Waals surface area contributed by atoms with Gasteiger partial charge in [-0.15, -0.1) is 0 Å². The van der Waals surface area contributed by atoms with Crippen molar-refractivity contribution >= 4 is 46.1 Å². The minimum Gasteiger partial charge on any atom is -0.344 e. The van der Waals surface area contributed by atoms with Gasteiger partial charge in [0.1, 0.15) is 5.57 Å². The van der Waals surface area contributed by atoms with Crippen molar-refractivity contribution in [3.63, 3.8) is 0 Å². The van der Waals surface area contributed by atoms with Crippen molar-refractivity contribution in [1.82, 2.24) is 14.8 Å². The molecule has 2 aromatic rings. The van der Waals surface area contributed by atoms with Crippen LogP contribution in [0.3, 0.4) is 0 Å². The van der Waals surface area contributed by atoms with Gasteiger partial charge in [-0.25, -0.2) is 0 Å². The molecule has 1 aromatic carbocycles. The van der Waals surface area contributed by atoms with Gasteiger partial charge in [-0.05, 0) is 45.1 Å². The number of benzene rings is 1. The fourth-order valence-electron chi connectivity index (χ4n) is 2.91. The molecule has 1 aromatic heterocycles. The van der Waals surface area contributed by atoms with Crippen LogP contribution in [-0.4, -0.2) is 32.9 Å². The number of thiocarbonyl (C=S) groups is 1. The first-order chi connectivity index (χ1) is 11.4. The molecular weight excluding hydrogens is 322 g/mol. The first-order valence-corrected chi connectivity index (χ1v) is 8.33. The van der Waals surface area contributed by atoms with Gasteiger partial charge in [0, 0.05) is 35.2 Å². The van der Waals surface area contributed by atoms with E-state index in [1.54, 1.807) is 6.08 Å². The molecule has 124 valence electrons. The lowest BCUT2D eigenvalue weighted by molar-refractivity contribution is -0.128. The molecule has 2 heterocycles. The number of para-hydroxylation sites is 1. The molecule has 6 heteroatoms. The van der Waals surface area contributed by atoms with Crippen LogP contribution < -0.4 is 5.32 Å². The number of carbonyl (C=O) groups excluding carboxylic acids is 2. The second-order valence-electron chi connectivity index (χ2n) is 5.97. The SMILES string of the molecule is CCN1C(=O)/C(=C/c2cn(C(C)C)c3ccccc23)C(=O)NC1=S. The van der Waals surface area contributed by atoms with Gasteiger partial charge in [0.05, 0.1) is 0 Å². The number of hydrogen-bond acceptors (Lipinski definition) is 3. The molecule has 0 atom stereocenters. The Morgan fingerprint density at radius 3 is 2.62 bits per heavy atom. The Morgan fingerprint density at radius 2 is 1.96 bits per heavy atom. The third-order valence-corrected chi connectivity index (χ3v) is 4.45. The van der Waals surface area contributed by atoms with E-state index >= 15 is 0 Å². The topological polar surface area (TPSA) is 54.3 Å². The van der Waals surface area contributed by atoms with Crippen LogP contribution in [-0.2, 0) is 9.59 Å². The smallest absolute Gasteiger partial charge is 0.265 e.